The van der Waals surface area contributed by atoms with E-state index in [0.29, 0.717) is 0 Å². The predicted molar refractivity (Wildman–Crippen MR) is 60.4 cm³/mol. The summed E-state index contributed by atoms with van der Waals surface area (Å²) in [5.41, 5.74) is 9.85. The van der Waals surface area contributed by atoms with Crippen LogP contribution in [0.3, 0.4) is 0 Å². The van der Waals surface area contributed by atoms with Crippen molar-refractivity contribution in [3.8, 4) is 0 Å². The lowest BCUT2D eigenvalue weighted by Gasteiger charge is -2.12. The zero-order chi connectivity index (χ0) is 9.14. The van der Waals surface area contributed by atoms with E-state index < -0.39 is 0 Å². The molecule has 0 radical (unpaired) electrons. The molecular weight excluding hydrogens is 182 g/mol. The standard InChI is InChI=1S/C11H17N.ClH/c1-4-11(12)10-7-8(2)5-6-9(10)3;/h5-7,11H,4,12H2,1-3H3;1H/t11-;/m0./s1. The van der Waals surface area contributed by atoms with Gasteiger partial charge in [-0.15, -0.1) is 12.4 Å². The minimum Gasteiger partial charge on any atom is -0.324 e. The third-order valence-electron chi connectivity index (χ3n) is 2.27. The zero-order valence-corrected chi connectivity index (χ0v) is 9.32. The Labute approximate surface area is 86.7 Å². The molecule has 0 aliphatic heterocycles. The van der Waals surface area contributed by atoms with Gasteiger partial charge in [0.15, 0.2) is 0 Å². The summed E-state index contributed by atoms with van der Waals surface area (Å²) < 4.78 is 0. The molecule has 0 heterocycles. The van der Waals surface area contributed by atoms with Gasteiger partial charge in [0.25, 0.3) is 0 Å². The molecular formula is C11H18ClN. The van der Waals surface area contributed by atoms with Crippen molar-refractivity contribution in [2.24, 2.45) is 5.73 Å². The second kappa shape index (κ2) is 5.25. The SMILES string of the molecule is CC[C@H](N)c1cc(C)ccc1C.Cl. The number of hydrogen-bond acceptors (Lipinski definition) is 1. The lowest BCUT2D eigenvalue weighted by molar-refractivity contribution is 0.693. The smallest absolute Gasteiger partial charge is 0.0294 e. The Kier molecular flexibility index (Phi) is 5.04. The molecule has 0 aliphatic rings. The molecule has 74 valence electrons. The summed E-state index contributed by atoms with van der Waals surface area (Å²) in [5.74, 6) is 0. The molecule has 0 amide bonds. The van der Waals surface area contributed by atoms with Crippen molar-refractivity contribution in [1.82, 2.24) is 0 Å². The molecule has 1 rings (SSSR count). The second-order valence-electron chi connectivity index (χ2n) is 3.37. The molecule has 0 aromatic heterocycles. The second-order valence-corrected chi connectivity index (χ2v) is 3.37. The molecule has 0 saturated heterocycles. The molecule has 2 heteroatoms. The van der Waals surface area contributed by atoms with Gasteiger partial charge < -0.3 is 5.73 Å². The molecule has 0 fully saturated rings. The lowest BCUT2D eigenvalue weighted by Crippen LogP contribution is -2.10. The largest absolute Gasteiger partial charge is 0.324 e. The van der Waals surface area contributed by atoms with Gasteiger partial charge in [-0.3, -0.25) is 0 Å². The Morgan fingerprint density at radius 1 is 1.31 bits per heavy atom. The molecule has 1 aromatic rings. The minimum atomic E-state index is 0. The molecule has 13 heavy (non-hydrogen) atoms. The van der Waals surface area contributed by atoms with Crippen LogP contribution in [0.15, 0.2) is 18.2 Å². The molecule has 1 aromatic carbocycles. The van der Waals surface area contributed by atoms with Crippen LogP contribution in [0.2, 0.25) is 0 Å². The Morgan fingerprint density at radius 3 is 2.46 bits per heavy atom. The van der Waals surface area contributed by atoms with Gasteiger partial charge in [0.1, 0.15) is 0 Å². The molecule has 0 spiro atoms. The van der Waals surface area contributed by atoms with E-state index >= 15 is 0 Å². The van der Waals surface area contributed by atoms with E-state index in [1.54, 1.807) is 0 Å². The fourth-order valence-electron chi connectivity index (χ4n) is 1.38. The first-order chi connectivity index (χ1) is 5.65. The fourth-order valence-corrected chi connectivity index (χ4v) is 1.38. The molecule has 0 unspecified atom stereocenters. The quantitative estimate of drug-likeness (QED) is 0.778. The fraction of sp³-hybridized carbons (Fsp3) is 0.455. The van der Waals surface area contributed by atoms with Crippen molar-refractivity contribution in [3.63, 3.8) is 0 Å². The molecule has 2 N–H and O–H groups in total. The number of benzene rings is 1. The highest BCUT2D eigenvalue weighted by atomic mass is 35.5. The van der Waals surface area contributed by atoms with E-state index in [2.05, 4.69) is 39.0 Å². The van der Waals surface area contributed by atoms with Crippen molar-refractivity contribution >= 4 is 12.4 Å². The van der Waals surface area contributed by atoms with E-state index in [0.717, 1.165) is 6.42 Å². The Bertz CT molecular complexity index is 271. The average Bonchev–Trinajstić information content (AvgIpc) is 2.08. The average molecular weight is 200 g/mol. The van der Waals surface area contributed by atoms with Crippen LogP contribution in [-0.2, 0) is 0 Å². The molecule has 1 nitrogen and oxygen atoms in total. The first kappa shape index (κ1) is 12.5. The third kappa shape index (κ3) is 3.02. The summed E-state index contributed by atoms with van der Waals surface area (Å²) in [5, 5.41) is 0. The Balaban J connectivity index is 0.00000144. The van der Waals surface area contributed by atoms with Crippen molar-refractivity contribution in [2.75, 3.05) is 0 Å². The van der Waals surface area contributed by atoms with Crippen LogP contribution in [0.25, 0.3) is 0 Å². The van der Waals surface area contributed by atoms with Gasteiger partial charge in [-0.1, -0.05) is 30.7 Å². The Morgan fingerprint density at radius 2 is 1.92 bits per heavy atom. The number of halogens is 1. The van der Waals surface area contributed by atoms with Crippen molar-refractivity contribution in [3.05, 3.63) is 34.9 Å². The van der Waals surface area contributed by atoms with Gasteiger partial charge in [0, 0.05) is 6.04 Å². The summed E-state index contributed by atoms with van der Waals surface area (Å²) in [6.07, 6.45) is 1.00. The van der Waals surface area contributed by atoms with Crippen LogP contribution in [0.5, 0.6) is 0 Å². The van der Waals surface area contributed by atoms with Crippen molar-refractivity contribution in [2.45, 2.75) is 33.2 Å². The van der Waals surface area contributed by atoms with Crippen LogP contribution >= 0.6 is 12.4 Å². The molecule has 0 aliphatic carbocycles. The highest BCUT2D eigenvalue weighted by Gasteiger charge is 2.05. The Hall–Kier alpha value is -0.530. The van der Waals surface area contributed by atoms with Gasteiger partial charge in [-0.05, 0) is 31.4 Å². The topological polar surface area (TPSA) is 26.0 Å². The lowest BCUT2D eigenvalue weighted by atomic mass is 9.98. The van der Waals surface area contributed by atoms with Crippen LogP contribution in [0, 0.1) is 13.8 Å². The summed E-state index contributed by atoms with van der Waals surface area (Å²) in [4.78, 5) is 0. The van der Waals surface area contributed by atoms with Gasteiger partial charge in [0.2, 0.25) is 0 Å². The first-order valence-electron chi connectivity index (χ1n) is 4.48. The highest BCUT2D eigenvalue weighted by molar-refractivity contribution is 5.85. The van der Waals surface area contributed by atoms with Gasteiger partial charge in [-0.25, -0.2) is 0 Å². The van der Waals surface area contributed by atoms with Crippen LogP contribution < -0.4 is 5.73 Å². The number of rotatable bonds is 2. The van der Waals surface area contributed by atoms with Gasteiger partial charge in [0.05, 0.1) is 0 Å². The molecule has 0 saturated carbocycles. The van der Waals surface area contributed by atoms with Gasteiger partial charge in [-0.2, -0.15) is 0 Å². The summed E-state index contributed by atoms with van der Waals surface area (Å²) >= 11 is 0. The third-order valence-corrected chi connectivity index (χ3v) is 2.27. The number of nitrogens with two attached hydrogens (primary N) is 1. The maximum Gasteiger partial charge on any atom is 0.0294 e. The van der Waals surface area contributed by atoms with E-state index in [-0.39, 0.29) is 18.4 Å². The molecule has 1 atom stereocenters. The van der Waals surface area contributed by atoms with Crippen LogP contribution in [0.1, 0.15) is 36.1 Å². The van der Waals surface area contributed by atoms with Crippen molar-refractivity contribution < 1.29 is 0 Å². The van der Waals surface area contributed by atoms with Crippen LogP contribution in [-0.4, -0.2) is 0 Å². The van der Waals surface area contributed by atoms with E-state index in [9.17, 15) is 0 Å². The summed E-state index contributed by atoms with van der Waals surface area (Å²) in [6, 6.07) is 6.65. The maximum absolute atomic E-state index is 5.96. The minimum absolute atomic E-state index is 0. The number of hydrogen-bond donors (Lipinski definition) is 1. The molecule has 0 bridgehead atoms. The predicted octanol–water partition coefficient (Wildman–Crippen LogP) is 3.14. The van der Waals surface area contributed by atoms with Crippen LogP contribution in [0.4, 0.5) is 0 Å². The highest BCUT2D eigenvalue weighted by Crippen LogP contribution is 2.19. The zero-order valence-electron chi connectivity index (χ0n) is 8.50. The maximum atomic E-state index is 5.96. The van der Waals surface area contributed by atoms with E-state index in [1.165, 1.54) is 16.7 Å². The van der Waals surface area contributed by atoms with E-state index in [1.807, 2.05) is 0 Å². The first-order valence-corrected chi connectivity index (χ1v) is 4.48. The monoisotopic (exact) mass is 199 g/mol. The summed E-state index contributed by atoms with van der Waals surface area (Å²) in [7, 11) is 0. The number of aryl methyl sites for hydroxylation is 2. The van der Waals surface area contributed by atoms with Crippen molar-refractivity contribution in [1.29, 1.82) is 0 Å². The summed E-state index contributed by atoms with van der Waals surface area (Å²) in [6.45, 7) is 6.34. The normalized spacial score (nSPS) is 12.0. The van der Waals surface area contributed by atoms with E-state index in [4.69, 9.17) is 5.73 Å². The van der Waals surface area contributed by atoms with Gasteiger partial charge >= 0.3 is 0 Å².